The van der Waals surface area contributed by atoms with Crippen molar-refractivity contribution >= 4 is 21.6 Å². The third kappa shape index (κ3) is 5.41. The zero-order valence-electron chi connectivity index (χ0n) is 19.4. The summed E-state index contributed by atoms with van der Waals surface area (Å²) in [5.41, 5.74) is 3.58. The number of carbonyl (C=O) groups is 1. The molecule has 0 saturated heterocycles. The predicted octanol–water partition coefficient (Wildman–Crippen LogP) is 5.14. The second kappa shape index (κ2) is 9.71. The molecule has 4 rings (SSSR count). The number of halogens is 1. The molecule has 0 aliphatic heterocycles. The summed E-state index contributed by atoms with van der Waals surface area (Å²) in [6, 6.07) is 17.0. The van der Waals surface area contributed by atoms with Crippen LogP contribution in [-0.2, 0) is 16.6 Å². The van der Waals surface area contributed by atoms with Crippen molar-refractivity contribution in [3.8, 4) is 11.5 Å². The molecule has 0 spiro atoms. The summed E-state index contributed by atoms with van der Waals surface area (Å²) in [5, 5.41) is 2.86. The highest BCUT2D eigenvalue weighted by molar-refractivity contribution is 7.92. The quantitative estimate of drug-likeness (QED) is 0.371. The average Bonchev–Trinajstić information content (AvgIpc) is 3.19. The van der Waals surface area contributed by atoms with Gasteiger partial charge in [-0.2, -0.15) is 0 Å². The van der Waals surface area contributed by atoms with E-state index in [1.165, 1.54) is 18.2 Å². The van der Waals surface area contributed by atoms with Crippen LogP contribution in [0.3, 0.4) is 0 Å². The first-order chi connectivity index (χ1) is 16.6. The minimum Gasteiger partial charge on any atom is -0.441 e. The van der Waals surface area contributed by atoms with Crippen LogP contribution in [0.25, 0.3) is 11.5 Å². The molecular formula is C26H24FN3O4S. The third-order valence-electron chi connectivity index (χ3n) is 5.45. The summed E-state index contributed by atoms with van der Waals surface area (Å²) in [6.07, 6.45) is 0. The van der Waals surface area contributed by atoms with E-state index in [9.17, 15) is 17.6 Å². The molecule has 0 aliphatic carbocycles. The number of carbonyl (C=O) groups excluding carboxylic acids is 1. The van der Waals surface area contributed by atoms with Crippen LogP contribution < -0.4 is 10.0 Å². The van der Waals surface area contributed by atoms with Crippen LogP contribution in [0.15, 0.2) is 76.0 Å². The molecule has 0 aliphatic rings. The fourth-order valence-corrected chi connectivity index (χ4v) is 4.65. The maximum Gasteiger partial charge on any atom is 0.262 e. The maximum absolute atomic E-state index is 13.6. The fraction of sp³-hybridized carbons (Fsp3) is 0.154. The number of amides is 1. The number of para-hydroxylation sites is 1. The number of hydrogen-bond donors (Lipinski definition) is 2. The molecule has 1 amide bonds. The lowest BCUT2D eigenvalue weighted by atomic mass is 10.1. The van der Waals surface area contributed by atoms with Gasteiger partial charge in [0.1, 0.15) is 17.3 Å². The number of aromatic nitrogens is 1. The Labute approximate surface area is 203 Å². The molecule has 0 fully saturated rings. The minimum absolute atomic E-state index is 0.138. The summed E-state index contributed by atoms with van der Waals surface area (Å²) in [7, 11) is -4.05. The van der Waals surface area contributed by atoms with Crippen LogP contribution in [0.2, 0.25) is 0 Å². The molecule has 0 unspecified atom stereocenters. The van der Waals surface area contributed by atoms with Crippen LogP contribution in [0.1, 0.15) is 32.9 Å². The van der Waals surface area contributed by atoms with Gasteiger partial charge in [0, 0.05) is 5.56 Å². The van der Waals surface area contributed by atoms with Crippen molar-refractivity contribution in [3.05, 3.63) is 101 Å². The van der Waals surface area contributed by atoms with Crippen molar-refractivity contribution in [2.75, 3.05) is 4.72 Å². The molecular weight excluding hydrogens is 469 g/mol. The van der Waals surface area contributed by atoms with E-state index in [2.05, 4.69) is 15.0 Å². The molecule has 0 atom stereocenters. The molecule has 2 N–H and O–H groups in total. The number of rotatable bonds is 7. The molecule has 3 aromatic carbocycles. The van der Waals surface area contributed by atoms with Crippen molar-refractivity contribution < 1.29 is 22.0 Å². The van der Waals surface area contributed by atoms with E-state index < -0.39 is 15.8 Å². The Balaban J connectivity index is 1.56. The maximum atomic E-state index is 13.6. The van der Waals surface area contributed by atoms with E-state index in [1.807, 2.05) is 32.0 Å². The van der Waals surface area contributed by atoms with Gasteiger partial charge in [-0.3, -0.25) is 9.52 Å². The number of anilines is 1. The van der Waals surface area contributed by atoms with E-state index in [4.69, 9.17) is 4.42 Å². The van der Waals surface area contributed by atoms with Crippen molar-refractivity contribution in [3.63, 3.8) is 0 Å². The van der Waals surface area contributed by atoms with E-state index in [1.54, 1.807) is 31.2 Å². The van der Waals surface area contributed by atoms with E-state index in [-0.39, 0.29) is 28.9 Å². The monoisotopic (exact) mass is 493 g/mol. The lowest BCUT2D eigenvalue weighted by molar-refractivity contribution is 0.0949. The van der Waals surface area contributed by atoms with Crippen molar-refractivity contribution in [2.24, 2.45) is 0 Å². The lowest BCUT2D eigenvalue weighted by Crippen LogP contribution is -2.24. The average molecular weight is 494 g/mol. The van der Waals surface area contributed by atoms with Crippen molar-refractivity contribution in [2.45, 2.75) is 32.2 Å². The van der Waals surface area contributed by atoms with Gasteiger partial charge in [-0.05, 0) is 62.7 Å². The van der Waals surface area contributed by atoms with Gasteiger partial charge < -0.3 is 9.73 Å². The highest BCUT2D eigenvalue weighted by atomic mass is 32.2. The Morgan fingerprint density at radius 1 is 1.00 bits per heavy atom. The Bertz CT molecular complexity index is 1510. The smallest absolute Gasteiger partial charge is 0.262 e. The van der Waals surface area contributed by atoms with Crippen molar-refractivity contribution in [1.29, 1.82) is 0 Å². The molecule has 0 saturated carbocycles. The first-order valence-electron chi connectivity index (χ1n) is 10.8. The molecule has 9 heteroatoms. The van der Waals surface area contributed by atoms with Gasteiger partial charge in [0.25, 0.3) is 15.9 Å². The summed E-state index contributed by atoms with van der Waals surface area (Å²) >= 11 is 0. The summed E-state index contributed by atoms with van der Waals surface area (Å²) in [6.45, 7) is 5.65. The first kappa shape index (κ1) is 24.2. The Morgan fingerprint density at radius 3 is 2.54 bits per heavy atom. The molecule has 35 heavy (non-hydrogen) atoms. The summed E-state index contributed by atoms with van der Waals surface area (Å²) in [4.78, 5) is 17.0. The Morgan fingerprint density at radius 2 is 1.77 bits per heavy atom. The van der Waals surface area contributed by atoms with Crippen LogP contribution in [0.4, 0.5) is 10.1 Å². The minimum atomic E-state index is -4.05. The van der Waals surface area contributed by atoms with Gasteiger partial charge in [-0.25, -0.2) is 17.8 Å². The molecule has 1 aromatic heterocycles. The van der Waals surface area contributed by atoms with Gasteiger partial charge >= 0.3 is 0 Å². The zero-order chi connectivity index (χ0) is 25.2. The molecule has 0 bridgehead atoms. The van der Waals surface area contributed by atoms with Crippen LogP contribution in [-0.4, -0.2) is 19.3 Å². The second-order valence-corrected chi connectivity index (χ2v) is 9.81. The fourth-order valence-electron chi connectivity index (χ4n) is 3.54. The van der Waals surface area contributed by atoms with Crippen LogP contribution in [0, 0.1) is 26.6 Å². The molecule has 7 nitrogen and oxygen atoms in total. The van der Waals surface area contributed by atoms with Gasteiger partial charge in [0.2, 0.25) is 5.89 Å². The number of hydrogen-bond acceptors (Lipinski definition) is 5. The zero-order valence-corrected chi connectivity index (χ0v) is 20.2. The third-order valence-corrected chi connectivity index (χ3v) is 6.82. The topological polar surface area (TPSA) is 101 Å². The Kier molecular flexibility index (Phi) is 6.70. The van der Waals surface area contributed by atoms with Gasteiger partial charge in [0.05, 0.1) is 22.7 Å². The predicted molar refractivity (Wildman–Crippen MR) is 131 cm³/mol. The first-order valence-corrected chi connectivity index (χ1v) is 12.3. The standard InChI is InChI=1S/C26H24FN3O4S/c1-16-11-12-17(2)22(13-16)25(31)28-15-24-18(3)34-26(29-24)21-9-4-5-10-23(21)30-35(32,33)20-8-6-7-19(27)14-20/h4-14,30H,15H2,1-3H3,(H,28,31). The van der Waals surface area contributed by atoms with E-state index >= 15 is 0 Å². The highest BCUT2D eigenvalue weighted by Gasteiger charge is 2.20. The molecule has 4 aromatic rings. The Hall–Kier alpha value is -3.98. The van der Waals surface area contributed by atoms with E-state index in [0.29, 0.717) is 22.6 Å². The molecule has 180 valence electrons. The van der Waals surface area contributed by atoms with Gasteiger partial charge in [0.15, 0.2) is 0 Å². The van der Waals surface area contributed by atoms with Crippen molar-refractivity contribution in [1.82, 2.24) is 10.3 Å². The number of nitrogens with zero attached hydrogens (tertiary/aromatic N) is 1. The number of oxazole rings is 1. The largest absolute Gasteiger partial charge is 0.441 e. The normalized spacial score (nSPS) is 11.3. The summed E-state index contributed by atoms with van der Waals surface area (Å²) in [5.74, 6) is -0.199. The van der Waals surface area contributed by atoms with E-state index in [0.717, 1.165) is 17.2 Å². The SMILES string of the molecule is Cc1ccc(C)c(C(=O)NCc2nc(-c3ccccc3NS(=O)(=O)c3cccc(F)c3)oc2C)c1. The summed E-state index contributed by atoms with van der Waals surface area (Å²) < 4.78 is 47.4. The van der Waals surface area contributed by atoms with Gasteiger partial charge in [-0.1, -0.05) is 35.9 Å². The van der Waals surface area contributed by atoms with Gasteiger partial charge in [-0.15, -0.1) is 0 Å². The molecule has 1 heterocycles. The number of sulfonamides is 1. The number of nitrogens with one attached hydrogen (secondary N) is 2. The second-order valence-electron chi connectivity index (χ2n) is 8.13. The highest BCUT2D eigenvalue weighted by Crippen LogP contribution is 2.30. The number of aryl methyl sites for hydroxylation is 3. The molecule has 0 radical (unpaired) electrons. The van der Waals surface area contributed by atoms with Crippen LogP contribution >= 0.6 is 0 Å². The lowest BCUT2D eigenvalue weighted by Gasteiger charge is -2.11. The van der Waals surface area contributed by atoms with Crippen LogP contribution in [0.5, 0.6) is 0 Å². The number of benzene rings is 3.